The van der Waals surface area contributed by atoms with E-state index in [1.807, 2.05) is 0 Å². The van der Waals surface area contributed by atoms with Crippen LogP contribution in [0.2, 0.25) is 0 Å². The van der Waals surface area contributed by atoms with E-state index < -0.39 is 0 Å². The predicted molar refractivity (Wildman–Crippen MR) is 227 cm³/mol. The van der Waals surface area contributed by atoms with E-state index in [0.29, 0.717) is 202 Å². The number of aldehydes is 1. The van der Waals surface area contributed by atoms with Crippen molar-refractivity contribution < 1.29 is 90.1 Å². The number of carbonyl (C=O) groups excluding carboxylic acids is 1. The lowest BCUT2D eigenvalue weighted by Gasteiger charge is -2.20. The van der Waals surface area contributed by atoms with Crippen LogP contribution in [0.25, 0.3) is 0 Å². The third kappa shape index (κ3) is 37.2. The molecule has 1 aromatic carbocycles. The second kappa shape index (κ2) is 46.8. The van der Waals surface area contributed by atoms with Crippen molar-refractivity contribution in [2.75, 3.05) is 227 Å². The summed E-state index contributed by atoms with van der Waals surface area (Å²) in [5, 5.41) is 0. The van der Waals surface area contributed by atoms with Crippen molar-refractivity contribution >= 4 is 6.29 Å². The first-order valence-corrected chi connectivity index (χ1v) is 21.4. The number of rotatable bonds is 51. The van der Waals surface area contributed by atoms with Crippen molar-refractivity contribution in [2.24, 2.45) is 11.8 Å². The van der Waals surface area contributed by atoms with Gasteiger partial charge < -0.3 is 85.3 Å². The molecule has 0 aliphatic rings. The van der Waals surface area contributed by atoms with Crippen LogP contribution in [-0.2, 0) is 75.8 Å². The zero-order chi connectivity index (χ0) is 44.7. The smallest absolute Gasteiger partial charge is 0.153 e. The Bertz CT molecular complexity index is 1030. The van der Waals surface area contributed by atoms with Crippen LogP contribution in [0.5, 0.6) is 11.5 Å². The predicted octanol–water partition coefficient (Wildman–Crippen LogP) is 2.27. The third-order valence-corrected chi connectivity index (χ3v) is 8.19. The fourth-order valence-corrected chi connectivity index (χ4v) is 4.87. The molecule has 0 spiro atoms. The first-order chi connectivity index (χ1) is 30.7. The van der Waals surface area contributed by atoms with E-state index >= 15 is 0 Å². The lowest BCUT2D eigenvalue weighted by atomic mass is 10.1. The summed E-state index contributed by atoms with van der Waals surface area (Å²) in [7, 11) is 6.52. The number of ether oxygens (including phenoxy) is 18. The van der Waals surface area contributed by atoms with E-state index in [1.54, 1.807) is 46.6 Å². The molecule has 0 heterocycles. The quantitative estimate of drug-likeness (QED) is 0.0685. The Morgan fingerprint density at radius 1 is 0.355 bits per heavy atom. The molecule has 0 radical (unpaired) electrons. The molecule has 19 heteroatoms. The summed E-state index contributed by atoms with van der Waals surface area (Å²) in [6.07, 6.45) is 0.750. The van der Waals surface area contributed by atoms with E-state index in [9.17, 15) is 4.79 Å². The number of hydrogen-bond donors (Lipinski definition) is 0. The Morgan fingerprint density at radius 2 is 0.629 bits per heavy atom. The summed E-state index contributed by atoms with van der Waals surface area (Å²) >= 11 is 0. The van der Waals surface area contributed by atoms with Gasteiger partial charge in [-0.05, 0) is 12.1 Å². The highest BCUT2D eigenvalue weighted by molar-refractivity contribution is 5.79. The Balaban J connectivity index is 2.71. The number of benzene rings is 1. The summed E-state index contributed by atoms with van der Waals surface area (Å²) in [4.78, 5) is 12.0. The summed E-state index contributed by atoms with van der Waals surface area (Å²) in [6, 6.07) is 5.11. The molecule has 0 saturated carbocycles. The zero-order valence-electron chi connectivity index (χ0n) is 37.9. The molecule has 0 aliphatic heterocycles. The standard InChI is InChI=1S/C43H78O19/c1-45-7-11-49-15-19-53-23-27-57-33-39(34-58-28-24-54-20-16-50-12-8-46-2)37-61-42-6-5-41(32-44)43(31-42)62-38-40(35-59-29-25-55-21-17-51-13-9-47-3)36-60-30-26-56-22-18-52-14-10-48-4/h5-6,31-32,39-40H,7-30,33-38H2,1-4H3. The molecular weight excluding hydrogens is 820 g/mol. The maximum atomic E-state index is 12.0. The summed E-state index contributed by atoms with van der Waals surface area (Å²) in [5.74, 6) is 0.636. The largest absolute Gasteiger partial charge is 0.493 e. The SMILES string of the molecule is COCCOCCOCCOCC(COCCOCCOCCOC)COc1ccc(C=O)c(OCC(COCCOCCOCCOC)COCCOCCOCCOC)c1. The molecule has 0 saturated heterocycles. The van der Waals surface area contributed by atoms with Crippen molar-refractivity contribution in [2.45, 2.75) is 0 Å². The van der Waals surface area contributed by atoms with E-state index in [1.165, 1.54) is 0 Å². The molecule has 364 valence electrons. The van der Waals surface area contributed by atoms with Gasteiger partial charge in [-0.1, -0.05) is 0 Å². The van der Waals surface area contributed by atoms with Gasteiger partial charge in [0.05, 0.1) is 204 Å². The van der Waals surface area contributed by atoms with Crippen LogP contribution in [0.15, 0.2) is 18.2 Å². The van der Waals surface area contributed by atoms with Gasteiger partial charge in [0.1, 0.15) is 11.5 Å². The highest BCUT2D eigenvalue weighted by atomic mass is 16.6. The van der Waals surface area contributed by atoms with Crippen molar-refractivity contribution in [1.29, 1.82) is 0 Å². The van der Waals surface area contributed by atoms with Crippen molar-refractivity contribution in [1.82, 2.24) is 0 Å². The molecule has 0 N–H and O–H groups in total. The van der Waals surface area contributed by atoms with E-state index in [0.717, 1.165) is 6.29 Å². The summed E-state index contributed by atoms with van der Waals surface area (Å²) in [5.41, 5.74) is 0.386. The Labute approximate surface area is 369 Å². The average molecular weight is 899 g/mol. The van der Waals surface area contributed by atoms with Crippen LogP contribution in [0, 0.1) is 11.8 Å². The molecule has 62 heavy (non-hydrogen) atoms. The molecule has 0 amide bonds. The number of methoxy groups -OCH3 is 4. The first-order valence-electron chi connectivity index (χ1n) is 21.4. The van der Waals surface area contributed by atoms with Crippen LogP contribution in [0.1, 0.15) is 10.4 Å². The summed E-state index contributed by atoms with van der Waals surface area (Å²) < 4.78 is 100. The Kier molecular flexibility index (Phi) is 43.7. The van der Waals surface area contributed by atoms with Gasteiger partial charge in [-0.2, -0.15) is 0 Å². The van der Waals surface area contributed by atoms with Gasteiger partial charge >= 0.3 is 0 Å². The molecule has 19 nitrogen and oxygen atoms in total. The number of carbonyl (C=O) groups is 1. The third-order valence-electron chi connectivity index (χ3n) is 8.19. The fraction of sp³-hybridized carbons (Fsp3) is 0.837. The second-order valence-electron chi connectivity index (χ2n) is 13.3. The minimum atomic E-state index is -0.160. The zero-order valence-corrected chi connectivity index (χ0v) is 37.9. The van der Waals surface area contributed by atoms with Crippen LogP contribution >= 0.6 is 0 Å². The maximum Gasteiger partial charge on any atom is 0.153 e. The highest BCUT2D eigenvalue weighted by Crippen LogP contribution is 2.25. The van der Waals surface area contributed by atoms with Gasteiger partial charge in [0.2, 0.25) is 0 Å². The lowest BCUT2D eigenvalue weighted by molar-refractivity contribution is -0.0280. The molecular formula is C43H78O19. The second-order valence-corrected chi connectivity index (χ2v) is 13.3. The van der Waals surface area contributed by atoms with E-state index in [2.05, 4.69) is 0 Å². The normalized spacial score (nSPS) is 11.6. The van der Waals surface area contributed by atoms with Gasteiger partial charge in [0.25, 0.3) is 0 Å². The van der Waals surface area contributed by atoms with Gasteiger partial charge in [-0.15, -0.1) is 0 Å². The van der Waals surface area contributed by atoms with Crippen LogP contribution in [0.4, 0.5) is 0 Å². The molecule has 0 unspecified atom stereocenters. The molecule has 0 fully saturated rings. The van der Waals surface area contributed by atoms with Crippen molar-refractivity contribution in [3.63, 3.8) is 0 Å². The first kappa shape index (κ1) is 57.9. The monoisotopic (exact) mass is 899 g/mol. The number of hydrogen-bond acceptors (Lipinski definition) is 19. The summed E-state index contributed by atoms with van der Waals surface area (Å²) in [6.45, 7) is 13.2. The Hall–Kier alpha value is -2.15. The fourth-order valence-electron chi connectivity index (χ4n) is 4.87. The molecule has 0 atom stereocenters. The molecule has 0 aliphatic carbocycles. The molecule has 1 rings (SSSR count). The Morgan fingerprint density at radius 3 is 0.919 bits per heavy atom. The van der Waals surface area contributed by atoms with Crippen molar-refractivity contribution in [3.05, 3.63) is 23.8 Å². The molecule has 0 bridgehead atoms. The topological polar surface area (TPSA) is 183 Å². The van der Waals surface area contributed by atoms with Crippen LogP contribution in [0.3, 0.4) is 0 Å². The maximum absolute atomic E-state index is 12.0. The minimum Gasteiger partial charge on any atom is -0.493 e. The average Bonchev–Trinajstić information content (AvgIpc) is 3.29. The van der Waals surface area contributed by atoms with Crippen molar-refractivity contribution in [3.8, 4) is 11.5 Å². The highest BCUT2D eigenvalue weighted by Gasteiger charge is 2.16. The minimum absolute atomic E-state index is 0.113. The van der Waals surface area contributed by atoms with Gasteiger partial charge in [-0.3, -0.25) is 4.79 Å². The molecule has 0 aromatic heterocycles. The molecule has 1 aromatic rings. The van der Waals surface area contributed by atoms with Crippen LogP contribution < -0.4 is 9.47 Å². The lowest BCUT2D eigenvalue weighted by Crippen LogP contribution is -2.26. The van der Waals surface area contributed by atoms with E-state index in [-0.39, 0.29) is 25.0 Å². The van der Waals surface area contributed by atoms with E-state index in [4.69, 9.17) is 85.3 Å². The van der Waals surface area contributed by atoms with Gasteiger partial charge in [-0.25, -0.2) is 0 Å². The van der Waals surface area contributed by atoms with Gasteiger partial charge in [0.15, 0.2) is 6.29 Å². The van der Waals surface area contributed by atoms with Crippen LogP contribution in [-0.4, -0.2) is 233 Å². The van der Waals surface area contributed by atoms with Gasteiger partial charge in [0, 0.05) is 46.3 Å².